The second-order valence-electron chi connectivity index (χ2n) is 3.37. The van der Waals surface area contributed by atoms with Crippen molar-refractivity contribution in [3.8, 4) is 5.75 Å². The third-order valence-corrected chi connectivity index (χ3v) is 2.26. The highest BCUT2D eigenvalue weighted by atomic mass is 35.5. The van der Waals surface area contributed by atoms with Gasteiger partial charge in [0.1, 0.15) is 5.75 Å². The molecule has 0 fully saturated rings. The summed E-state index contributed by atoms with van der Waals surface area (Å²) in [6, 6.07) is 7.37. The minimum atomic E-state index is 0.668. The van der Waals surface area contributed by atoms with Crippen molar-refractivity contribution < 1.29 is 9.47 Å². The van der Waals surface area contributed by atoms with Gasteiger partial charge < -0.3 is 14.8 Å². The number of halogens is 1. The summed E-state index contributed by atoms with van der Waals surface area (Å²) in [4.78, 5) is 0. The first kappa shape index (κ1) is 13.3. The molecule has 4 heteroatoms. The lowest BCUT2D eigenvalue weighted by atomic mass is 10.3. The van der Waals surface area contributed by atoms with Crippen LogP contribution in [0.1, 0.15) is 6.42 Å². The van der Waals surface area contributed by atoms with Crippen molar-refractivity contribution in [3.63, 3.8) is 0 Å². The Morgan fingerprint density at radius 2 is 1.88 bits per heavy atom. The van der Waals surface area contributed by atoms with Crippen LogP contribution in [0.3, 0.4) is 0 Å². The molecule has 0 amide bonds. The van der Waals surface area contributed by atoms with Crippen molar-refractivity contribution in [2.45, 2.75) is 6.42 Å². The Bertz CT molecular complexity index is 277. The van der Waals surface area contributed by atoms with E-state index in [-0.39, 0.29) is 0 Å². The van der Waals surface area contributed by atoms with E-state index in [4.69, 9.17) is 21.1 Å². The zero-order chi connectivity index (χ0) is 11.6. The molecule has 0 saturated heterocycles. The fourth-order valence-corrected chi connectivity index (χ4v) is 1.28. The van der Waals surface area contributed by atoms with Crippen molar-refractivity contribution in [1.29, 1.82) is 0 Å². The van der Waals surface area contributed by atoms with Gasteiger partial charge in [0.15, 0.2) is 0 Å². The topological polar surface area (TPSA) is 30.5 Å². The van der Waals surface area contributed by atoms with Crippen LogP contribution < -0.4 is 10.1 Å². The Balaban J connectivity index is 2.01. The molecule has 0 atom stereocenters. The molecule has 0 heterocycles. The minimum Gasteiger partial charge on any atom is -0.494 e. The minimum absolute atomic E-state index is 0.668. The SMILES string of the molecule is CNCCOCCCOc1ccc(Cl)cc1. The largest absolute Gasteiger partial charge is 0.494 e. The van der Waals surface area contributed by atoms with Gasteiger partial charge in [-0.05, 0) is 31.3 Å². The van der Waals surface area contributed by atoms with Crippen LogP contribution in [0.4, 0.5) is 0 Å². The highest BCUT2D eigenvalue weighted by Gasteiger charge is 1.94. The molecule has 0 aromatic heterocycles. The van der Waals surface area contributed by atoms with E-state index >= 15 is 0 Å². The van der Waals surface area contributed by atoms with Gasteiger partial charge in [-0.15, -0.1) is 0 Å². The monoisotopic (exact) mass is 243 g/mol. The predicted octanol–water partition coefficient (Wildman–Crippen LogP) is 2.34. The predicted molar refractivity (Wildman–Crippen MR) is 66.3 cm³/mol. The van der Waals surface area contributed by atoms with Gasteiger partial charge in [-0.25, -0.2) is 0 Å². The average Bonchev–Trinajstić information content (AvgIpc) is 2.30. The van der Waals surface area contributed by atoms with E-state index in [1.165, 1.54) is 0 Å². The van der Waals surface area contributed by atoms with E-state index in [2.05, 4.69) is 5.32 Å². The molecular weight excluding hydrogens is 226 g/mol. The summed E-state index contributed by atoms with van der Waals surface area (Å²) in [6.45, 7) is 3.03. The zero-order valence-electron chi connectivity index (χ0n) is 9.54. The number of hydrogen-bond donors (Lipinski definition) is 1. The number of rotatable bonds is 8. The van der Waals surface area contributed by atoms with Crippen molar-refractivity contribution in [2.24, 2.45) is 0 Å². The van der Waals surface area contributed by atoms with Crippen molar-refractivity contribution >= 4 is 11.6 Å². The molecule has 0 saturated carbocycles. The van der Waals surface area contributed by atoms with Crippen LogP contribution in [0.5, 0.6) is 5.75 Å². The summed E-state index contributed by atoms with van der Waals surface area (Å²) in [5.41, 5.74) is 0. The summed E-state index contributed by atoms with van der Waals surface area (Å²) in [5, 5.41) is 3.75. The molecule has 0 aliphatic heterocycles. The quantitative estimate of drug-likeness (QED) is 0.711. The van der Waals surface area contributed by atoms with Crippen LogP contribution in [0.15, 0.2) is 24.3 Å². The van der Waals surface area contributed by atoms with Crippen LogP contribution in [0.2, 0.25) is 5.02 Å². The molecule has 0 aliphatic rings. The van der Waals surface area contributed by atoms with E-state index in [9.17, 15) is 0 Å². The molecular formula is C12H18ClNO2. The van der Waals surface area contributed by atoms with Gasteiger partial charge in [-0.1, -0.05) is 11.6 Å². The molecule has 0 aliphatic carbocycles. The zero-order valence-corrected chi connectivity index (χ0v) is 10.3. The van der Waals surface area contributed by atoms with Crippen molar-refractivity contribution in [3.05, 3.63) is 29.3 Å². The fraction of sp³-hybridized carbons (Fsp3) is 0.500. The number of benzene rings is 1. The molecule has 0 bridgehead atoms. The number of hydrogen-bond acceptors (Lipinski definition) is 3. The van der Waals surface area contributed by atoms with Gasteiger partial charge in [0.25, 0.3) is 0 Å². The molecule has 1 aromatic carbocycles. The summed E-state index contributed by atoms with van der Waals surface area (Å²) in [5.74, 6) is 0.847. The van der Waals surface area contributed by atoms with E-state index in [1.807, 2.05) is 31.3 Å². The number of likely N-dealkylation sites (N-methyl/N-ethyl adjacent to an activating group) is 1. The summed E-state index contributed by atoms with van der Waals surface area (Å²) in [7, 11) is 1.91. The molecule has 90 valence electrons. The first-order chi connectivity index (χ1) is 7.83. The maximum Gasteiger partial charge on any atom is 0.119 e. The summed E-state index contributed by atoms with van der Waals surface area (Å²) in [6.07, 6.45) is 0.895. The van der Waals surface area contributed by atoms with Gasteiger partial charge in [0, 0.05) is 24.6 Å². The fourth-order valence-electron chi connectivity index (χ4n) is 1.16. The Labute approximate surface area is 102 Å². The van der Waals surface area contributed by atoms with Crippen LogP contribution >= 0.6 is 11.6 Å². The molecule has 0 radical (unpaired) electrons. The molecule has 0 unspecified atom stereocenters. The third kappa shape index (κ3) is 5.95. The van der Waals surface area contributed by atoms with Gasteiger partial charge in [-0.2, -0.15) is 0 Å². The molecule has 1 rings (SSSR count). The van der Waals surface area contributed by atoms with E-state index in [1.54, 1.807) is 0 Å². The number of nitrogens with one attached hydrogen (secondary N) is 1. The lowest BCUT2D eigenvalue weighted by Crippen LogP contribution is -2.15. The van der Waals surface area contributed by atoms with Crippen LogP contribution in [0.25, 0.3) is 0 Å². The second kappa shape index (κ2) is 8.39. The standard InChI is InChI=1S/C12H18ClNO2/c1-14-7-10-15-8-2-9-16-12-5-3-11(13)4-6-12/h3-6,14H,2,7-10H2,1H3. The maximum absolute atomic E-state index is 5.76. The molecule has 1 aromatic rings. The number of ether oxygens (including phenoxy) is 2. The van der Waals surface area contributed by atoms with Gasteiger partial charge in [0.2, 0.25) is 0 Å². The average molecular weight is 244 g/mol. The Morgan fingerprint density at radius 1 is 1.12 bits per heavy atom. The highest BCUT2D eigenvalue weighted by Crippen LogP contribution is 2.15. The molecule has 0 spiro atoms. The summed E-state index contributed by atoms with van der Waals surface area (Å²) >= 11 is 5.76. The normalized spacial score (nSPS) is 10.4. The first-order valence-electron chi connectivity index (χ1n) is 5.43. The maximum atomic E-state index is 5.76. The summed E-state index contributed by atoms with van der Waals surface area (Å²) < 4.78 is 10.9. The first-order valence-corrected chi connectivity index (χ1v) is 5.81. The van der Waals surface area contributed by atoms with Gasteiger partial charge in [0.05, 0.1) is 13.2 Å². The smallest absolute Gasteiger partial charge is 0.119 e. The Morgan fingerprint density at radius 3 is 2.56 bits per heavy atom. The van der Waals surface area contributed by atoms with Gasteiger partial charge >= 0.3 is 0 Å². The Hall–Kier alpha value is -0.770. The lowest BCUT2D eigenvalue weighted by Gasteiger charge is -2.06. The van der Waals surface area contributed by atoms with Crippen molar-refractivity contribution in [2.75, 3.05) is 33.4 Å². The van der Waals surface area contributed by atoms with Crippen molar-refractivity contribution in [1.82, 2.24) is 5.32 Å². The van der Waals surface area contributed by atoms with Crippen LogP contribution in [0, 0.1) is 0 Å². The third-order valence-electron chi connectivity index (χ3n) is 2.01. The lowest BCUT2D eigenvalue weighted by molar-refractivity contribution is 0.122. The Kier molecular flexibility index (Phi) is 6.97. The highest BCUT2D eigenvalue weighted by molar-refractivity contribution is 6.30. The molecule has 3 nitrogen and oxygen atoms in total. The second-order valence-corrected chi connectivity index (χ2v) is 3.81. The van der Waals surface area contributed by atoms with Gasteiger partial charge in [-0.3, -0.25) is 0 Å². The molecule has 16 heavy (non-hydrogen) atoms. The van der Waals surface area contributed by atoms with E-state index in [0.29, 0.717) is 6.61 Å². The molecule has 1 N–H and O–H groups in total. The van der Waals surface area contributed by atoms with Crippen LogP contribution in [-0.4, -0.2) is 33.4 Å². The van der Waals surface area contributed by atoms with Crippen LogP contribution in [-0.2, 0) is 4.74 Å². The van der Waals surface area contributed by atoms with E-state index in [0.717, 1.165) is 37.0 Å². The van der Waals surface area contributed by atoms with E-state index < -0.39 is 0 Å².